The van der Waals surface area contributed by atoms with E-state index in [2.05, 4.69) is 14.3 Å². The maximum absolute atomic E-state index is 4.88. The molecule has 0 spiro atoms. The van der Waals surface area contributed by atoms with Gasteiger partial charge in [-0.05, 0) is 35.9 Å². The van der Waals surface area contributed by atoms with E-state index >= 15 is 0 Å². The van der Waals surface area contributed by atoms with Gasteiger partial charge in [-0.25, -0.2) is 4.98 Å². The van der Waals surface area contributed by atoms with Gasteiger partial charge in [0.1, 0.15) is 5.69 Å². The molecule has 0 atom stereocenters. The van der Waals surface area contributed by atoms with Gasteiger partial charge in [-0.1, -0.05) is 6.07 Å². The lowest BCUT2D eigenvalue weighted by Gasteiger charge is -1.90. The van der Waals surface area contributed by atoms with Crippen LogP contribution in [-0.2, 0) is 0 Å². The van der Waals surface area contributed by atoms with Gasteiger partial charge in [0.15, 0.2) is 9.78 Å². The highest BCUT2D eigenvalue weighted by Gasteiger charge is 1.99. The van der Waals surface area contributed by atoms with Crippen LogP contribution in [0, 0.1) is 3.95 Å². The topological polar surface area (TPSA) is 41.6 Å². The Labute approximate surface area is 78.3 Å². The van der Waals surface area contributed by atoms with E-state index in [1.807, 2.05) is 18.2 Å². The van der Waals surface area contributed by atoms with Crippen LogP contribution in [0.25, 0.3) is 11.5 Å². The average Bonchev–Trinajstić information content (AvgIpc) is 2.54. The molecular formula is C7H5N3S2. The molecule has 0 unspecified atom stereocenters. The lowest BCUT2D eigenvalue weighted by atomic mass is 10.3. The van der Waals surface area contributed by atoms with Crippen LogP contribution in [0.3, 0.4) is 0 Å². The highest BCUT2D eigenvalue weighted by molar-refractivity contribution is 7.73. The molecule has 0 aliphatic rings. The Balaban J connectivity index is 2.51. The van der Waals surface area contributed by atoms with Crippen LogP contribution in [0.4, 0.5) is 0 Å². The fourth-order valence-corrected chi connectivity index (χ4v) is 1.53. The Kier molecular flexibility index (Phi) is 1.97. The molecule has 0 saturated heterocycles. The zero-order valence-corrected chi connectivity index (χ0v) is 7.65. The zero-order chi connectivity index (χ0) is 8.39. The van der Waals surface area contributed by atoms with Gasteiger partial charge >= 0.3 is 0 Å². The van der Waals surface area contributed by atoms with Crippen LogP contribution in [0.2, 0.25) is 0 Å². The Morgan fingerprint density at radius 3 is 2.92 bits per heavy atom. The minimum absolute atomic E-state index is 0.607. The van der Waals surface area contributed by atoms with E-state index in [-0.39, 0.29) is 0 Å². The summed E-state index contributed by atoms with van der Waals surface area (Å²) in [5, 5.41) is 0. The van der Waals surface area contributed by atoms with Crippen molar-refractivity contribution in [1.29, 1.82) is 0 Å². The molecule has 2 rings (SSSR count). The van der Waals surface area contributed by atoms with Crippen molar-refractivity contribution in [1.82, 2.24) is 14.3 Å². The predicted octanol–water partition coefficient (Wildman–Crippen LogP) is 2.26. The third-order valence-corrected chi connectivity index (χ3v) is 2.25. The van der Waals surface area contributed by atoms with Gasteiger partial charge in [0, 0.05) is 6.20 Å². The number of pyridine rings is 1. The van der Waals surface area contributed by atoms with Crippen molar-refractivity contribution in [2.75, 3.05) is 0 Å². The SMILES string of the molecule is S=c1nc(-c2ccccn2)[nH]s1. The van der Waals surface area contributed by atoms with E-state index in [0.717, 1.165) is 11.5 Å². The van der Waals surface area contributed by atoms with E-state index in [4.69, 9.17) is 12.2 Å². The Bertz CT molecular complexity index is 417. The van der Waals surface area contributed by atoms with Crippen molar-refractivity contribution < 1.29 is 0 Å². The molecule has 2 heterocycles. The van der Waals surface area contributed by atoms with Crippen molar-refractivity contribution in [3.05, 3.63) is 28.4 Å². The van der Waals surface area contributed by atoms with Crippen LogP contribution >= 0.6 is 23.8 Å². The Morgan fingerprint density at radius 2 is 2.33 bits per heavy atom. The highest BCUT2D eigenvalue weighted by atomic mass is 32.2. The van der Waals surface area contributed by atoms with Crippen molar-refractivity contribution >= 4 is 23.8 Å². The summed E-state index contributed by atoms with van der Waals surface area (Å²) in [6.07, 6.45) is 1.73. The van der Waals surface area contributed by atoms with Gasteiger partial charge in [0.25, 0.3) is 0 Å². The first-order valence-corrected chi connectivity index (χ1v) is 4.55. The molecule has 60 valence electrons. The molecule has 2 aromatic heterocycles. The predicted molar refractivity (Wildman–Crippen MR) is 50.5 cm³/mol. The minimum atomic E-state index is 0.607. The van der Waals surface area contributed by atoms with Crippen LogP contribution in [0.5, 0.6) is 0 Å². The third kappa shape index (κ3) is 1.41. The van der Waals surface area contributed by atoms with E-state index in [1.165, 1.54) is 11.5 Å². The van der Waals surface area contributed by atoms with Crippen molar-refractivity contribution in [2.24, 2.45) is 0 Å². The summed E-state index contributed by atoms with van der Waals surface area (Å²) in [6.45, 7) is 0. The van der Waals surface area contributed by atoms with Crippen LogP contribution in [-0.4, -0.2) is 14.3 Å². The summed E-state index contributed by atoms with van der Waals surface area (Å²) in [4.78, 5) is 8.23. The standard InChI is InChI=1S/C7H5N3S2/c11-7-9-6(10-12-7)5-3-1-2-4-8-5/h1-4H,(H,9,10,11). The molecule has 0 amide bonds. The molecular weight excluding hydrogens is 190 g/mol. The summed E-state index contributed by atoms with van der Waals surface area (Å²) in [5.74, 6) is 0.741. The van der Waals surface area contributed by atoms with Gasteiger partial charge in [0.2, 0.25) is 0 Å². The maximum atomic E-state index is 4.88. The van der Waals surface area contributed by atoms with Gasteiger partial charge in [-0.15, -0.1) is 0 Å². The monoisotopic (exact) mass is 195 g/mol. The van der Waals surface area contributed by atoms with Gasteiger partial charge in [0.05, 0.1) is 0 Å². The smallest absolute Gasteiger partial charge is 0.198 e. The zero-order valence-electron chi connectivity index (χ0n) is 6.02. The first kappa shape index (κ1) is 7.57. The highest BCUT2D eigenvalue weighted by Crippen LogP contribution is 2.11. The molecule has 0 fully saturated rings. The third-order valence-electron chi connectivity index (χ3n) is 1.35. The second-order valence-corrected chi connectivity index (χ2v) is 3.59. The summed E-state index contributed by atoms with van der Waals surface area (Å²) < 4.78 is 3.59. The summed E-state index contributed by atoms with van der Waals surface area (Å²) in [6, 6.07) is 5.67. The maximum Gasteiger partial charge on any atom is 0.198 e. The van der Waals surface area contributed by atoms with E-state index < -0.39 is 0 Å². The first-order valence-electron chi connectivity index (χ1n) is 3.33. The van der Waals surface area contributed by atoms with E-state index in [0.29, 0.717) is 3.95 Å². The number of aromatic amines is 1. The molecule has 0 saturated carbocycles. The molecule has 0 aliphatic carbocycles. The summed E-state index contributed by atoms with van der Waals surface area (Å²) in [5.41, 5.74) is 0.824. The number of nitrogens with one attached hydrogen (secondary N) is 1. The fraction of sp³-hybridized carbons (Fsp3) is 0. The second kappa shape index (κ2) is 3.12. The number of rotatable bonds is 1. The molecule has 1 N–H and O–H groups in total. The quantitative estimate of drug-likeness (QED) is 0.710. The van der Waals surface area contributed by atoms with Gasteiger partial charge in [-0.2, -0.15) is 0 Å². The minimum Gasteiger partial charge on any atom is -0.291 e. The molecule has 12 heavy (non-hydrogen) atoms. The number of nitrogens with zero attached hydrogens (tertiary/aromatic N) is 2. The van der Waals surface area contributed by atoms with E-state index in [1.54, 1.807) is 6.20 Å². The lowest BCUT2D eigenvalue weighted by Crippen LogP contribution is -1.82. The molecule has 0 aromatic carbocycles. The second-order valence-electron chi connectivity index (χ2n) is 2.15. The number of aromatic nitrogens is 3. The molecule has 0 aliphatic heterocycles. The van der Waals surface area contributed by atoms with Crippen molar-refractivity contribution in [3.8, 4) is 11.5 Å². The lowest BCUT2D eigenvalue weighted by molar-refractivity contribution is 1.23. The Morgan fingerprint density at radius 1 is 1.42 bits per heavy atom. The molecule has 2 aromatic rings. The fourth-order valence-electron chi connectivity index (χ4n) is 0.841. The van der Waals surface area contributed by atoms with Crippen molar-refractivity contribution in [3.63, 3.8) is 0 Å². The number of hydrogen-bond donors (Lipinski definition) is 1. The van der Waals surface area contributed by atoms with Crippen molar-refractivity contribution in [2.45, 2.75) is 0 Å². The molecule has 5 heteroatoms. The van der Waals surface area contributed by atoms with Crippen LogP contribution < -0.4 is 0 Å². The normalized spacial score (nSPS) is 10.0. The number of H-pyrrole nitrogens is 1. The van der Waals surface area contributed by atoms with Crippen LogP contribution in [0.15, 0.2) is 24.4 Å². The molecule has 3 nitrogen and oxygen atoms in total. The molecule has 0 radical (unpaired) electrons. The largest absolute Gasteiger partial charge is 0.291 e. The van der Waals surface area contributed by atoms with Gasteiger partial charge in [-0.3, -0.25) is 9.36 Å². The average molecular weight is 195 g/mol. The van der Waals surface area contributed by atoms with E-state index in [9.17, 15) is 0 Å². The molecule has 0 bridgehead atoms. The first-order chi connectivity index (χ1) is 5.86. The summed E-state index contributed by atoms with van der Waals surface area (Å²) >= 11 is 6.22. The Hall–Kier alpha value is -1.07. The van der Waals surface area contributed by atoms with Crippen LogP contribution in [0.1, 0.15) is 0 Å². The van der Waals surface area contributed by atoms with Gasteiger partial charge < -0.3 is 0 Å². The number of hydrogen-bond acceptors (Lipinski definition) is 4. The summed E-state index contributed by atoms with van der Waals surface area (Å²) in [7, 11) is 0.